The first kappa shape index (κ1) is 27.9. The Morgan fingerprint density at radius 3 is 2.58 bits per heavy atom. The van der Waals surface area contributed by atoms with Gasteiger partial charge < -0.3 is 19.7 Å². The SMILES string of the molecule is CO.COc1ccc(-c2ccc(CN(C)C(=O)c3cc(OOC(C)=O)c[nH]c3=O)c(F)c2)c2cn(C)nc12. The molecule has 2 heterocycles. The molecule has 0 saturated carbocycles. The second kappa shape index (κ2) is 12.0. The van der Waals surface area contributed by atoms with Gasteiger partial charge in [-0.15, -0.1) is 0 Å². The van der Waals surface area contributed by atoms with E-state index in [0.717, 1.165) is 37.2 Å². The van der Waals surface area contributed by atoms with E-state index < -0.39 is 23.3 Å². The molecule has 12 heteroatoms. The van der Waals surface area contributed by atoms with Crippen molar-refractivity contribution in [1.82, 2.24) is 19.7 Å². The lowest BCUT2D eigenvalue weighted by molar-refractivity contribution is -0.211. The minimum Gasteiger partial charge on any atom is -0.494 e. The number of fused-ring (bicyclic) bond motifs is 1. The van der Waals surface area contributed by atoms with Crippen molar-refractivity contribution in [2.45, 2.75) is 13.5 Å². The van der Waals surface area contributed by atoms with Crippen molar-refractivity contribution in [3.05, 3.63) is 76.1 Å². The summed E-state index contributed by atoms with van der Waals surface area (Å²) in [6.45, 7) is 1.05. The van der Waals surface area contributed by atoms with Gasteiger partial charge in [0.15, 0.2) is 5.75 Å². The Morgan fingerprint density at radius 2 is 1.92 bits per heavy atom. The summed E-state index contributed by atoms with van der Waals surface area (Å²) in [6.07, 6.45) is 2.99. The van der Waals surface area contributed by atoms with Gasteiger partial charge in [0.05, 0.1) is 13.3 Å². The van der Waals surface area contributed by atoms with E-state index in [2.05, 4.69) is 15.0 Å². The third kappa shape index (κ3) is 5.98. The molecule has 2 aromatic heterocycles. The van der Waals surface area contributed by atoms with E-state index in [1.54, 1.807) is 37.0 Å². The molecule has 0 radical (unpaired) electrons. The zero-order valence-electron chi connectivity index (χ0n) is 21.4. The van der Waals surface area contributed by atoms with E-state index in [4.69, 9.17) is 14.7 Å². The van der Waals surface area contributed by atoms with Crippen LogP contribution in [0.2, 0.25) is 0 Å². The quantitative estimate of drug-likeness (QED) is 0.277. The number of benzene rings is 2. The van der Waals surface area contributed by atoms with Crippen molar-refractivity contribution in [1.29, 1.82) is 0 Å². The maximum atomic E-state index is 15.1. The largest absolute Gasteiger partial charge is 0.494 e. The Morgan fingerprint density at radius 1 is 1.18 bits per heavy atom. The first-order valence-corrected chi connectivity index (χ1v) is 11.2. The number of aryl methyl sites for hydroxylation is 1. The number of nitrogens with one attached hydrogen (secondary N) is 1. The zero-order valence-corrected chi connectivity index (χ0v) is 21.4. The molecule has 0 spiro atoms. The van der Waals surface area contributed by atoms with Gasteiger partial charge in [-0.1, -0.05) is 12.1 Å². The van der Waals surface area contributed by atoms with Crippen molar-refractivity contribution < 1.29 is 33.6 Å². The lowest BCUT2D eigenvalue weighted by Gasteiger charge is -2.18. The standard InChI is InChI=1S/C25H23FN4O6.CH4O/c1-14(31)35-36-17-10-19(24(32)27-11-17)25(33)29(2)12-16-6-5-15(9-21(16)26)18-7-8-22(34-4)23-20(18)13-30(3)28-23;1-2/h5-11,13H,12H2,1-4H3,(H,27,32);2H,1H3. The van der Waals surface area contributed by atoms with Crippen molar-refractivity contribution in [3.63, 3.8) is 0 Å². The number of aromatic nitrogens is 3. The summed E-state index contributed by atoms with van der Waals surface area (Å²) in [5.74, 6) is -1.31. The Hall–Kier alpha value is -4.71. The minimum atomic E-state index is -0.705. The van der Waals surface area contributed by atoms with Gasteiger partial charge in [-0.25, -0.2) is 9.18 Å². The molecule has 2 N–H and O–H groups in total. The van der Waals surface area contributed by atoms with Gasteiger partial charge in [0.25, 0.3) is 11.5 Å². The van der Waals surface area contributed by atoms with Crippen molar-refractivity contribution in [2.75, 3.05) is 21.3 Å². The van der Waals surface area contributed by atoms with Gasteiger partial charge in [0, 0.05) is 57.9 Å². The maximum Gasteiger partial charge on any atom is 0.352 e. The van der Waals surface area contributed by atoms with Crippen LogP contribution < -0.4 is 15.2 Å². The Bertz CT molecular complexity index is 1530. The van der Waals surface area contributed by atoms with E-state index >= 15 is 4.39 Å². The molecule has 0 bridgehead atoms. The normalized spacial score (nSPS) is 10.4. The molecule has 0 aliphatic heterocycles. The van der Waals surface area contributed by atoms with Gasteiger partial charge in [-0.3, -0.25) is 24.0 Å². The fraction of sp³-hybridized carbons (Fsp3) is 0.231. The number of aliphatic hydroxyl groups excluding tert-OH is 1. The number of nitrogens with zero attached hydrogens (tertiary/aromatic N) is 3. The molecule has 11 nitrogen and oxygen atoms in total. The van der Waals surface area contributed by atoms with Crippen LogP contribution in [0.3, 0.4) is 0 Å². The Labute approximate surface area is 216 Å². The number of ether oxygens (including phenoxy) is 1. The van der Waals surface area contributed by atoms with Crippen molar-refractivity contribution >= 4 is 22.8 Å². The van der Waals surface area contributed by atoms with E-state index in [1.807, 2.05) is 12.3 Å². The Balaban J connectivity index is 0.00000195. The van der Waals surface area contributed by atoms with Gasteiger partial charge in [-0.05, 0) is 29.3 Å². The number of halogens is 1. The number of methoxy groups -OCH3 is 1. The third-order valence-electron chi connectivity index (χ3n) is 5.45. The minimum absolute atomic E-state index is 0.0432. The van der Waals surface area contributed by atoms with Crippen LogP contribution in [0.5, 0.6) is 11.5 Å². The predicted molar refractivity (Wildman–Crippen MR) is 136 cm³/mol. The number of hydrogen-bond donors (Lipinski definition) is 2. The highest BCUT2D eigenvalue weighted by Crippen LogP contribution is 2.34. The second-order valence-electron chi connectivity index (χ2n) is 8.08. The van der Waals surface area contributed by atoms with Crippen molar-refractivity contribution in [3.8, 4) is 22.6 Å². The van der Waals surface area contributed by atoms with Crippen LogP contribution in [0.25, 0.3) is 22.0 Å². The van der Waals surface area contributed by atoms with Crippen LogP contribution in [0.15, 0.2) is 53.6 Å². The number of carbonyl (C=O) groups is 2. The maximum absolute atomic E-state index is 15.1. The second-order valence-corrected chi connectivity index (χ2v) is 8.08. The number of aromatic amines is 1. The summed E-state index contributed by atoms with van der Waals surface area (Å²) >= 11 is 0. The number of rotatable bonds is 7. The number of amides is 1. The summed E-state index contributed by atoms with van der Waals surface area (Å²) < 4.78 is 22.2. The third-order valence-corrected chi connectivity index (χ3v) is 5.45. The first-order chi connectivity index (χ1) is 18.2. The molecule has 1 amide bonds. The van der Waals surface area contributed by atoms with E-state index in [0.29, 0.717) is 16.8 Å². The molecule has 38 heavy (non-hydrogen) atoms. The highest BCUT2D eigenvalue weighted by molar-refractivity contribution is 5.98. The molecular weight excluding hydrogens is 499 g/mol. The molecule has 0 atom stereocenters. The smallest absolute Gasteiger partial charge is 0.352 e. The van der Waals surface area contributed by atoms with Gasteiger partial charge >= 0.3 is 5.97 Å². The summed E-state index contributed by atoms with van der Waals surface area (Å²) in [7, 11) is 5.80. The van der Waals surface area contributed by atoms with Crippen LogP contribution in [0.1, 0.15) is 22.8 Å². The molecule has 4 aromatic rings. The average Bonchev–Trinajstić information content (AvgIpc) is 3.30. The fourth-order valence-corrected chi connectivity index (χ4v) is 3.77. The summed E-state index contributed by atoms with van der Waals surface area (Å²) in [5.41, 5.74) is 1.42. The molecule has 0 unspecified atom stereocenters. The van der Waals surface area contributed by atoms with Crippen LogP contribution in [-0.4, -0.2) is 57.9 Å². The molecule has 0 aliphatic carbocycles. The molecule has 0 aliphatic rings. The van der Waals surface area contributed by atoms with E-state index in [-0.39, 0.29) is 23.4 Å². The average molecular weight is 527 g/mol. The van der Waals surface area contributed by atoms with Gasteiger partial charge in [0.1, 0.15) is 22.6 Å². The van der Waals surface area contributed by atoms with Crippen molar-refractivity contribution in [2.24, 2.45) is 7.05 Å². The molecular formula is C26H27FN4O7. The first-order valence-electron chi connectivity index (χ1n) is 11.2. The lowest BCUT2D eigenvalue weighted by atomic mass is 9.99. The van der Waals surface area contributed by atoms with Crippen LogP contribution in [-0.2, 0) is 23.3 Å². The topological polar surface area (TPSA) is 136 Å². The van der Waals surface area contributed by atoms with E-state index in [9.17, 15) is 14.4 Å². The summed E-state index contributed by atoms with van der Waals surface area (Å²) in [6, 6.07) is 9.49. The Kier molecular flexibility index (Phi) is 8.81. The molecule has 2 aromatic carbocycles. The van der Waals surface area contributed by atoms with Crippen LogP contribution >= 0.6 is 0 Å². The number of pyridine rings is 1. The number of carbonyl (C=O) groups excluding carboxylic acids is 2. The van der Waals surface area contributed by atoms with Gasteiger partial charge in [0.2, 0.25) is 0 Å². The fourth-order valence-electron chi connectivity index (χ4n) is 3.77. The van der Waals surface area contributed by atoms with Gasteiger partial charge in [-0.2, -0.15) is 5.10 Å². The summed E-state index contributed by atoms with van der Waals surface area (Å²) in [5, 5.41) is 12.2. The zero-order chi connectivity index (χ0) is 28.0. The molecule has 0 saturated heterocycles. The van der Waals surface area contributed by atoms with Crippen LogP contribution in [0, 0.1) is 5.82 Å². The molecule has 4 rings (SSSR count). The molecule has 200 valence electrons. The summed E-state index contributed by atoms with van der Waals surface area (Å²) in [4.78, 5) is 48.7. The number of aliphatic hydroxyl groups is 1. The monoisotopic (exact) mass is 526 g/mol. The lowest BCUT2D eigenvalue weighted by Crippen LogP contribution is -2.31. The highest BCUT2D eigenvalue weighted by Gasteiger charge is 2.20. The number of H-pyrrole nitrogens is 1. The number of hydrogen-bond acceptors (Lipinski definition) is 8. The molecule has 0 fully saturated rings. The van der Waals surface area contributed by atoms with E-state index in [1.165, 1.54) is 18.0 Å². The highest BCUT2D eigenvalue weighted by atomic mass is 19.1. The predicted octanol–water partition coefficient (Wildman–Crippen LogP) is 2.81. The van der Waals surface area contributed by atoms with Crippen LogP contribution in [0.4, 0.5) is 4.39 Å².